The summed E-state index contributed by atoms with van der Waals surface area (Å²) in [6.45, 7) is 0. The van der Waals surface area contributed by atoms with Gasteiger partial charge in [-0.05, 0) is 28.1 Å². The zero-order valence-electron chi connectivity index (χ0n) is 11.6. The molecule has 0 aliphatic rings. The van der Waals surface area contributed by atoms with E-state index < -0.39 is 11.9 Å². The fourth-order valence-electron chi connectivity index (χ4n) is 2.07. The van der Waals surface area contributed by atoms with E-state index in [0.717, 1.165) is 7.11 Å². The predicted molar refractivity (Wildman–Crippen MR) is 85.9 cm³/mol. The molecule has 1 aromatic heterocycles. The van der Waals surface area contributed by atoms with Crippen LogP contribution < -0.4 is 5.73 Å². The number of nitrogens with two attached hydrogens (primary N) is 1. The first-order valence-corrected chi connectivity index (χ1v) is 7.21. The van der Waals surface area contributed by atoms with Crippen LogP contribution in [-0.4, -0.2) is 28.7 Å². The van der Waals surface area contributed by atoms with Crippen LogP contribution >= 0.6 is 27.5 Å². The maximum absolute atomic E-state index is 12.0. The Morgan fingerprint density at radius 1 is 1.48 bits per heavy atom. The lowest BCUT2D eigenvalue weighted by atomic mass is 10.1. The van der Waals surface area contributed by atoms with Crippen molar-refractivity contribution >= 4 is 45.2 Å². The number of carboxylic acid groups (broad SMARTS) is 1. The molecule has 3 N–H and O–H groups in total. The quantitative estimate of drug-likeness (QED) is 0.767. The first-order chi connectivity index (χ1) is 10.8. The second kappa shape index (κ2) is 6.32. The zero-order chi connectivity index (χ0) is 17.3. The molecule has 1 aromatic carbocycles. The van der Waals surface area contributed by atoms with Gasteiger partial charge in [0, 0.05) is 10.7 Å². The van der Waals surface area contributed by atoms with Crippen LogP contribution in [0.25, 0.3) is 5.69 Å². The number of aromatic carboxylic acids is 1. The van der Waals surface area contributed by atoms with Crippen molar-refractivity contribution in [3.63, 3.8) is 0 Å². The number of halogens is 2. The lowest BCUT2D eigenvalue weighted by Crippen LogP contribution is -2.14. The molecule has 0 aliphatic heterocycles. The average Bonchev–Trinajstić information content (AvgIpc) is 2.84. The molecule has 23 heavy (non-hydrogen) atoms. The topological polar surface area (TPSA) is 118 Å². The van der Waals surface area contributed by atoms with Crippen LogP contribution in [0.5, 0.6) is 0 Å². The number of benzene rings is 1. The molecule has 0 atom stereocenters. The van der Waals surface area contributed by atoms with E-state index in [1.165, 1.54) is 22.9 Å². The van der Waals surface area contributed by atoms with Gasteiger partial charge in [-0.3, -0.25) is 0 Å². The summed E-state index contributed by atoms with van der Waals surface area (Å²) in [7, 11) is 1.15. The second-order valence-corrected chi connectivity index (χ2v) is 5.60. The summed E-state index contributed by atoms with van der Waals surface area (Å²) in [5, 5.41) is 18.5. The molecule has 2 aromatic rings. The lowest BCUT2D eigenvalue weighted by molar-refractivity contribution is 0.0590. The Bertz CT molecular complexity index is 870. The Hall–Kier alpha value is -2.50. The monoisotopic (exact) mass is 397 g/mol. The van der Waals surface area contributed by atoms with Gasteiger partial charge >= 0.3 is 11.9 Å². The van der Waals surface area contributed by atoms with Gasteiger partial charge in [-0.1, -0.05) is 11.6 Å². The van der Waals surface area contributed by atoms with E-state index in [0.29, 0.717) is 4.47 Å². The average molecular weight is 399 g/mol. The number of carbonyl (C=O) groups is 2. The number of hydrogen-bond donors (Lipinski definition) is 2. The summed E-state index contributed by atoms with van der Waals surface area (Å²) in [5.41, 5.74) is 5.37. The molecule has 0 fully saturated rings. The molecule has 9 heteroatoms. The molecule has 0 unspecified atom stereocenters. The highest BCUT2D eigenvalue weighted by Crippen LogP contribution is 2.34. The number of carbonyl (C=O) groups excluding carboxylic acids is 1. The third kappa shape index (κ3) is 2.76. The number of anilines is 1. The standard InChI is InChI=1S/C14H9BrClN3O4/c1-23-14(22)12-10(18)6(4-17)5-19(12)11-7(15)2-3-8(16)9(11)13(20)21/h2-3,5H,18H2,1H3,(H,20,21). The molecule has 2 rings (SSSR count). The third-order valence-corrected chi connectivity index (χ3v) is 4.03. The van der Waals surface area contributed by atoms with Crippen molar-refractivity contribution in [2.75, 3.05) is 12.8 Å². The minimum Gasteiger partial charge on any atom is -0.478 e. The molecule has 0 saturated heterocycles. The lowest BCUT2D eigenvalue weighted by Gasteiger charge is -2.14. The SMILES string of the molecule is COC(=O)c1c(N)c(C#N)cn1-c1c(Br)ccc(Cl)c1C(=O)O. The summed E-state index contributed by atoms with van der Waals surface area (Å²) in [4.78, 5) is 23.6. The molecular formula is C14H9BrClN3O4. The van der Waals surface area contributed by atoms with Crippen LogP contribution in [0.2, 0.25) is 5.02 Å². The third-order valence-electron chi connectivity index (χ3n) is 3.08. The van der Waals surface area contributed by atoms with Gasteiger partial charge in [0.2, 0.25) is 0 Å². The van der Waals surface area contributed by atoms with Crippen LogP contribution in [-0.2, 0) is 4.74 Å². The smallest absolute Gasteiger partial charge is 0.357 e. The van der Waals surface area contributed by atoms with Crippen molar-refractivity contribution in [1.82, 2.24) is 4.57 Å². The molecule has 0 saturated carbocycles. The summed E-state index contributed by atoms with van der Waals surface area (Å²) in [5.74, 6) is -2.11. The van der Waals surface area contributed by atoms with Gasteiger partial charge in [0.1, 0.15) is 11.6 Å². The minimum atomic E-state index is -1.30. The van der Waals surface area contributed by atoms with Crippen LogP contribution in [0.3, 0.4) is 0 Å². The van der Waals surface area contributed by atoms with Gasteiger partial charge in [-0.2, -0.15) is 5.26 Å². The molecule has 118 valence electrons. The first-order valence-electron chi connectivity index (χ1n) is 6.04. The number of nitriles is 1. The first kappa shape index (κ1) is 16.9. The highest BCUT2D eigenvalue weighted by Gasteiger charge is 2.27. The van der Waals surface area contributed by atoms with Crippen LogP contribution in [0.1, 0.15) is 26.4 Å². The zero-order valence-corrected chi connectivity index (χ0v) is 14.0. The van der Waals surface area contributed by atoms with Gasteiger partial charge in [0.25, 0.3) is 0 Å². The fraction of sp³-hybridized carbons (Fsp3) is 0.0714. The van der Waals surface area contributed by atoms with E-state index >= 15 is 0 Å². The number of nitrogens with zero attached hydrogens (tertiary/aromatic N) is 2. The van der Waals surface area contributed by atoms with Crippen LogP contribution in [0, 0.1) is 11.3 Å². The molecular weight excluding hydrogens is 390 g/mol. The maximum Gasteiger partial charge on any atom is 0.357 e. The van der Waals surface area contributed by atoms with E-state index in [9.17, 15) is 14.7 Å². The number of ether oxygens (including phenoxy) is 1. The minimum absolute atomic E-state index is 0.00798. The van der Waals surface area contributed by atoms with Gasteiger partial charge in [-0.25, -0.2) is 9.59 Å². The van der Waals surface area contributed by atoms with Crippen molar-refractivity contribution in [2.24, 2.45) is 0 Å². The molecule has 0 radical (unpaired) electrons. The van der Waals surface area contributed by atoms with Gasteiger partial charge in [0.05, 0.1) is 29.1 Å². The molecule has 0 bridgehead atoms. The van der Waals surface area contributed by atoms with Crippen molar-refractivity contribution in [1.29, 1.82) is 5.26 Å². The normalized spacial score (nSPS) is 10.2. The molecule has 0 amide bonds. The van der Waals surface area contributed by atoms with Crippen LogP contribution in [0.15, 0.2) is 22.8 Å². The van der Waals surface area contributed by atoms with Crippen molar-refractivity contribution in [3.05, 3.63) is 44.6 Å². The van der Waals surface area contributed by atoms with Crippen molar-refractivity contribution < 1.29 is 19.4 Å². The fourth-order valence-corrected chi connectivity index (χ4v) is 2.83. The Kier molecular flexibility index (Phi) is 4.63. The number of rotatable bonds is 3. The number of hydrogen-bond acceptors (Lipinski definition) is 5. The Morgan fingerprint density at radius 3 is 2.65 bits per heavy atom. The van der Waals surface area contributed by atoms with Gasteiger partial charge < -0.3 is 20.1 Å². The van der Waals surface area contributed by atoms with E-state index in [1.807, 2.05) is 6.07 Å². The van der Waals surface area contributed by atoms with Gasteiger partial charge in [-0.15, -0.1) is 0 Å². The molecule has 7 nitrogen and oxygen atoms in total. The van der Waals surface area contributed by atoms with E-state index in [1.54, 1.807) is 0 Å². The Labute approximate surface area is 144 Å². The van der Waals surface area contributed by atoms with E-state index in [2.05, 4.69) is 20.7 Å². The van der Waals surface area contributed by atoms with E-state index in [-0.39, 0.29) is 33.2 Å². The summed E-state index contributed by atoms with van der Waals surface area (Å²) in [6, 6.07) is 4.76. The Balaban J connectivity index is 2.94. The highest BCUT2D eigenvalue weighted by molar-refractivity contribution is 9.10. The Morgan fingerprint density at radius 2 is 2.13 bits per heavy atom. The highest BCUT2D eigenvalue weighted by atomic mass is 79.9. The summed E-state index contributed by atoms with van der Waals surface area (Å²) < 4.78 is 6.19. The summed E-state index contributed by atoms with van der Waals surface area (Å²) in [6.07, 6.45) is 1.25. The number of nitrogen functional groups attached to an aromatic ring is 1. The largest absolute Gasteiger partial charge is 0.478 e. The van der Waals surface area contributed by atoms with Gasteiger partial charge in [0.15, 0.2) is 5.69 Å². The number of aromatic nitrogens is 1. The maximum atomic E-state index is 12.0. The number of esters is 1. The number of carboxylic acids is 1. The van der Waals surface area contributed by atoms with Crippen molar-refractivity contribution in [2.45, 2.75) is 0 Å². The summed E-state index contributed by atoms with van der Waals surface area (Å²) >= 11 is 9.19. The molecule has 0 spiro atoms. The molecule has 1 heterocycles. The number of methoxy groups -OCH3 is 1. The van der Waals surface area contributed by atoms with Crippen LogP contribution in [0.4, 0.5) is 5.69 Å². The predicted octanol–water partition coefficient (Wildman–Crippen LogP) is 2.83. The molecule has 0 aliphatic carbocycles. The van der Waals surface area contributed by atoms with E-state index in [4.69, 9.17) is 22.6 Å². The van der Waals surface area contributed by atoms with Crippen molar-refractivity contribution in [3.8, 4) is 11.8 Å². The second-order valence-electron chi connectivity index (χ2n) is 4.34.